The lowest BCUT2D eigenvalue weighted by atomic mass is 10.0. The maximum Gasteiger partial charge on any atom is 0.168 e. The Morgan fingerprint density at radius 1 is 1.30 bits per heavy atom. The zero-order valence-electron chi connectivity index (χ0n) is 11.2. The van der Waals surface area contributed by atoms with Gasteiger partial charge in [0, 0.05) is 16.5 Å². The molecule has 0 spiro atoms. The zero-order chi connectivity index (χ0) is 14.7. The summed E-state index contributed by atoms with van der Waals surface area (Å²) in [7, 11) is 1.40. The van der Waals surface area contributed by atoms with Crippen LogP contribution in [-0.2, 0) is 6.42 Å². The number of hydrogen-bond donors (Lipinski definition) is 0. The van der Waals surface area contributed by atoms with Gasteiger partial charge in [0.05, 0.1) is 7.11 Å². The van der Waals surface area contributed by atoms with Gasteiger partial charge in [0.1, 0.15) is 0 Å². The number of benzene rings is 2. The molecule has 0 N–H and O–H groups in total. The Bertz CT molecular complexity index is 633. The van der Waals surface area contributed by atoms with Crippen molar-refractivity contribution in [1.82, 2.24) is 0 Å². The maximum absolute atomic E-state index is 14.0. The summed E-state index contributed by atoms with van der Waals surface area (Å²) < 4.78 is 19.8. The molecule has 0 bridgehead atoms. The zero-order valence-corrected chi connectivity index (χ0v) is 12.8. The van der Waals surface area contributed by atoms with Crippen LogP contribution in [0.5, 0.6) is 5.75 Å². The van der Waals surface area contributed by atoms with E-state index in [2.05, 4.69) is 15.9 Å². The Hall–Kier alpha value is -1.68. The van der Waals surface area contributed by atoms with Crippen molar-refractivity contribution in [3.05, 3.63) is 63.4 Å². The molecule has 0 aliphatic rings. The SMILES string of the molecule is COc1cccc(CC(=O)c2cc(C)cc(Br)c2)c1F. The van der Waals surface area contributed by atoms with Gasteiger partial charge in [-0.3, -0.25) is 4.79 Å². The second-order valence-corrected chi connectivity index (χ2v) is 5.47. The van der Waals surface area contributed by atoms with Crippen molar-refractivity contribution < 1.29 is 13.9 Å². The lowest BCUT2D eigenvalue weighted by Crippen LogP contribution is -2.06. The molecule has 0 unspecified atom stereocenters. The van der Waals surface area contributed by atoms with Crippen LogP contribution in [0, 0.1) is 12.7 Å². The fourth-order valence-electron chi connectivity index (χ4n) is 2.02. The molecule has 0 radical (unpaired) electrons. The van der Waals surface area contributed by atoms with Crippen LogP contribution in [-0.4, -0.2) is 12.9 Å². The Kier molecular flexibility index (Phi) is 4.55. The number of rotatable bonds is 4. The lowest BCUT2D eigenvalue weighted by Gasteiger charge is -2.07. The van der Waals surface area contributed by atoms with E-state index in [0.717, 1.165) is 10.0 Å². The second kappa shape index (κ2) is 6.18. The fraction of sp³-hybridized carbons (Fsp3) is 0.188. The van der Waals surface area contributed by atoms with Gasteiger partial charge < -0.3 is 4.74 Å². The van der Waals surface area contributed by atoms with Gasteiger partial charge in [-0.05, 0) is 42.3 Å². The summed E-state index contributed by atoms with van der Waals surface area (Å²) in [6.45, 7) is 1.91. The highest BCUT2D eigenvalue weighted by atomic mass is 79.9. The van der Waals surface area contributed by atoms with E-state index in [1.807, 2.05) is 13.0 Å². The minimum atomic E-state index is -0.477. The summed E-state index contributed by atoms with van der Waals surface area (Å²) in [5.41, 5.74) is 1.89. The summed E-state index contributed by atoms with van der Waals surface area (Å²) in [5, 5.41) is 0. The molecule has 0 saturated heterocycles. The van der Waals surface area contributed by atoms with Gasteiger partial charge >= 0.3 is 0 Å². The van der Waals surface area contributed by atoms with Gasteiger partial charge in [0.2, 0.25) is 0 Å². The first-order valence-corrected chi connectivity index (χ1v) is 6.92. The first kappa shape index (κ1) is 14.7. The van der Waals surface area contributed by atoms with Crippen LogP contribution >= 0.6 is 15.9 Å². The monoisotopic (exact) mass is 336 g/mol. The van der Waals surface area contributed by atoms with Crippen LogP contribution in [0.4, 0.5) is 4.39 Å². The molecule has 2 aromatic rings. The van der Waals surface area contributed by atoms with Gasteiger partial charge in [0.15, 0.2) is 17.3 Å². The number of halogens is 2. The topological polar surface area (TPSA) is 26.3 Å². The van der Waals surface area contributed by atoms with Crippen LogP contribution in [0.1, 0.15) is 21.5 Å². The van der Waals surface area contributed by atoms with E-state index in [0.29, 0.717) is 11.1 Å². The van der Waals surface area contributed by atoms with E-state index in [4.69, 9.17) is 4.74 Å². The second-order valence-electron chi connectivity index (χ2n) is 4.55. The summed E-state index contributed by atoms with van der Waals surface area (Å²) in [6, 6.07) is 10.3. The number of hydrogen-bond acceptors (Lipinski definition) is 2. The molecule has 2 aromatic carbocycles. The van der Waals surface area contributed by atoms with Gasteiger partial charge in [-0.1, -0.05) is 28.1 Å². The average molecular weight is 337 g/mol. The van der Waals surface area contributed by atoms with E-state index in [9.17, 15) is 9.18 Å². The predicted octanol–water partition coefficient (Wildman–Crippen LogP) is 4.33. The largest absolute Gasteiger partial charge is 0.494 e. The van der Waals surface area contributed by atoms with Crippen molar-refractivity contribution in [2.45, 2.75) is 13.3 Å². The normalized spacial score (nSPS) is 10.4. The molecule has 0 amide bonds. The minimum absolute atomic E-state index is 0.0128. The van der Waals surface area contributed by atoms with Crippen molar-refractivity contribution >= 4 is 21.7 Å². The third kappa shape index (κ3) is 3.25. The molecular weight excluding hydrogens is 323 g/mol. The molecule has 4 heteroatoms. The summed E-state index contributed by atoms with van der Waals surface area (Å²) >= 11 is 3.36. The van der Waals surface area contributed by atoms with Crippen LogP contribution in [0.3, 0.4) is 0 Å². The highest BCUT2D eigenvalue weighted by molar-refractivity contribution is 9.10. The quantitative estimate of drug-likeness (QED) is 0.776. The van der Waals surface area contributed by atoms with Crippen molar-refractivity contribution in [1.29, 1.82) is 0 Å². The molecule has 0 heterocycles. The van der Waals surface area contributed by atoms with Gasteiger partial charge in [-0.2, -0.15) is 0 Å². The van der Waals surface area contributed by atoms with Crippen LogP contribution < -0.4 is 4.74 Å². The molecule has 2 rings (SSSR count). The van der Waals surface area contributed by atoms with Gasteiger partial charge in [-0.25, -0.2) is 4.39 Å². The molecule has 0 aromatic heterocycles. The van der Waals surface area contributed by atoms with E-state index >= 15 is 0 Å². The van der Waals surface area contributed by atoms with Gasteiger partial charge in [-0.15, -0.1) is 0 Å². The van der Waals surface area contributed by atoms with Crippen LogP contribution in [0.2, 0.25) is 0 Å². The van der Waals surface area contributed by atoms with Crippen LogP contribution in [0.25, 0.3) is 0 Å². The molecule has 2 nitrogen and oxygen atoms in total. The molecule has 0 aliphatic heterocycles. The summed E-state index contributed by atoms with van der Waals surface area (Å²) in [5.74, 6) is -0.447. The molecule has 0 saturated carbocycles. The number of methoxy groups -OCH3 is 1. The Labute approximate surface area is 125 Å². The van der Waals surface area contributed by atoms with E-state index in [-0.39, 0.29) is 18.0 Å². The molecule has 0 fully saturated rings. The molecule has 104 valence electrons. The maximum atomic E-state index is 14.0. The molecular formula is C16H14BrFO2. The number of ether oxygens (including phenoxy) is 1. The fourth-order valence-corrected chi connectivity index (χ4v) is 2.63. The Morgan fingerprint density at radius 3 is 2.70 bits per heavy atom. The smallest absolute Gasteiger partial charge is 0.168 e. The van der Waals surface area contributed by atoms with Crippen molar-refractivity contribution in [3.63, 3.8) is 0 Å². The number of carbonyl (C=O) groups excluding carboxylic acids is 1. The third-order valence-electron chi connectivity index (χ3n) is 2.98. The van der Waals surface area contributed by atoms with E-state index in [1.165, 1.54) is 13.2 Å². The minimum Gasteiger partial charge on any atom is -0.494 e. The van der Waals surface area contributed by atoms with Crippen molar-refractivity contribution in [2.24, 2.45) is 0 Å². The van der Waals surface area contributed by atoms with Crippen molar-refractivity contribution in [3.8, 4) is 5.75 Å². The lowest BCUT2D eigenvalue weighted by molar-refractivity contribution is 0.0991. The van der Waals surface area contributed by atoms with E-state index in [1.54, 1.807) is 24.3 Å². The summed E-state index contributed by atoms with van der Waals surface area (Å²) in [6.07, 6.45) is 0.0128. The highest BCUT2D eigenvalue weighted by Crippen LogP contribution is 2.22. The molecule has 0 atom stereocenters. The Balaban J connectivity index is 2.28. The number of aryl methyl sites for hydroxylation is 1. The standard InChI is InChI=1S/C16H14BrFO2/c1-10-6-12(8-13(17)7-10)14(19)9-11-4-3-5-15(20-2)16(11)18/h3-8H,9H2,1-2H3. The first-order valence-electron chi connectivity index (χ1n) is 6.13. The van der Waals surface area contributed by atoms with Crippen molar-refractivity contribution in [2.75, 3.05) is 7.11 Å². The molecule has 20 heavy (non-hydrogen) atoms. The van der Waals surface area contributed by atoms with Crippen LogP contribution in [0.15, 0.2) is 40.9 Å². The molecule has 0 aliphatic carbocycles. The van der Waals surface area contributed by atoms with E-state index < -0.39 is 5.82 Å². The third-order valence-corrected chi connectivity index (χ3v) is 3.44. The Morgan fingerprint density at radius 2 is 2.05 bits per heavy atom. The first-order chi connectivity index (χ1) is 9.51. The number of carbonyl (C=O) groups is 1. The average Bonchev–Trinajstić information content (AvgIpc) is 2.40. The number of ketones is 1. The number of Topliss-reactive ketones (excluding diaryl/α,β-unsaturated/α-hetero) is 1. The van der Waals surface area contributed by atoms with Gasteiger partial charge in [0.25, 0.3) is 0 Å². The predicted molar refractivity (Wildman–Crippen MR) is 79.9 cm³/mol. The highest BCUT2D eigenvalue weighted by Gasteiger charge is 2.14. The summed E-state index contributed by atoms with van der Waals surface area (Å²) in [4.78, 5) is 12.2.